The molecule has 0 aliphatic carbocycles. The molecular formula is C15H17F2N5O4S2. The zero-order valence-electron chi connectivity index (χ0n) is 14.4. The molecule has 2 aromatic rings. The lowest BCUT2D eigenvalue weighted by Gasteiger charge is -2.10. The molecule has 2 heterocycles. The highest BCUT2D eigenvalue weighted by Crippen LogP contribution is 2.24. The molecular weight excluding hydrogens is 416 g/mol. The number of nitrogens with one attached hydrogen (secondary N) is 1. The van der Waals surface area contributed by atoms with Gasteiger partial charge >= 0.3 is 6.61 Å². The normalized spacial score (nSPS) is 18.3. The molecule has 152 valence electrons. The number of alkyl halides is 2. The number of rotatable bonds is 7. The van der Waals surface area contributed by atoms with Gasteiger partial charge in [0.15, 0.2) is 15.7 Å². The largest absolute Gasteiger partial charge is 0.435 e. The van der Waals surface area contributed by atoms with E-state index in [1.165, 1.54) is 28.9 Å². The maximum atomic E-state index is 12.2. The van der Waals surface area contributed by atoms with E-state index in [1.807, 2.05) is 0 Å². The predicted octanol–water partition coefficient (Wildman–Crippen LogP) is 0.656. The van der Waals surface area contributed by atoms with E-state index in [0.29, 0.717) is 12.0 Å². The van der Waals surface area contributed by atoms with Gasteiger partial charge in [-0.05, 0) is 30.7 Å². The zero-order valence-corrected chi connectivity index (χ0v) is 16.0. The van der Waals surface area contributed by atoms with Crippen LogP contribution in [0.4, 0.5) is 8.78 Å². The SMILES string of the molecule is Nn1c(SCC(=O)NC2CCS(=O)(=O)C2)nnc1-c1ccc(OC(F)F)cc1. The van der Waals surface area contributed by atoms with Gasteiger partial charge in [0.05, 0.1) is 17.3 Å². The molecule has 1 fully saturated rings. The molecule has 1 unspecified atom stereocenters. The topological polar surface area (TPSA) is 129 Å². The number of nitrogen functional groups attached to an aromatic ring is 1. The van der Waals surface area contributed by atoms with Gasteiger partial charge in [-0.2, -0.15) is 8.78 Å². The Morgan fingerprint density at radius 1 is 1.36 bits per heavy atom. The summed E-state index contributed by atoms with van der Waals surface area (Å²) < 4.78 is 52.7. The van der Waals surface area contributed by atoms with Crippen LogP contribution in [0.2, 0.25) is 0 Å². The third kappa shape index (κ3) is 5.10. The van der Waals surface area contributed by atoms with Crippen molar-refractivity contribution in [3.8, 4) is 17.1 Å². The first kappa shape index (κ1) is 20.3. The van der Waals surface area contributed by atoms with Gasteiger partial charge in [-0.25, -0.2) is 13.1 Å². The Morgan fingerprint density at radius 2 is 2.07 bits per heavy atom. The Balaban J connectivity index is 1.58. The molecule has 1 aliphatic heterocycles. The maximum Gasteiger partial charge on any atom is 0.387 e. The number of ether oxygens (including phenoxy) is 1. The van der Waals surface area contributed by atoms with Gasteiger partial charge in [0.25, 0.3) is 0 Å². The van der Waals surface area contributed by atoms with Crippen LogP contribution in [-0.2, 0) is 14.6 Å². The number of benzene rings is 1. The monoisotopic (exact) mass is 433 g/mol. The second kappa shape index (κ2) is 8.31. The molecule has 1 amide bonds. The number of hydrogen-bond acceptors (Lipinski definition) is 8. The van der Waals surface area contributed by atoms with E-state index in [1.54, 1.807) is 0 Å². The van der Waals surface area contributed by atoms with Crippen LogP contribution in [0.15, 0.2) is 29.4 Å². The third-order valence-electron chi connectivity index (χ3n) is 3.93. The number of amides is 1. The molecule has 1 saturated heterocycles. The zero-order chi connectivity index (χ0) is 20.3. The minimum absolute atomic E-state index is 0.00188. The predicted molar refractivity (Wildman–Crippen MR) is 98.2 cm³/mol. The van der Waals surface area contributed by atoms with Crippen LogP contribution in [0.25, 0.3) is 11.4 Å². The smallest absolute Gasteiger partial charge is 0.387 e. The number of halogens is 2. The molecule has 0 bridgehead atoms. The molecule has 9 nitrogen and oxygen atoms in total. The van der Waals surface area contributed by atoms with Crippen LogP contribution in [0.3, 0.4) is 0 Å². The molecule has 1 aromatic carbocycles. The minimum atomic E-state index is -3.07. The number of thioether (sulfide) groups is 1. The van der Waals surface area contributed by atoms with Crippen molar-refractivity contribution in [3.05, 3.63) is 24.3 Å². The van der Waals surface area contributed by atoms with Crippen LogP contribution in [0.1, 0.15) is 6.42 Å². The third-order valence-corrected chi connectivity index (χ3v) is 6.64. The Kier molecular flexibility index (Phi) is 6.03. The highest BCUT2D eigenvalue weighted by molar-refractivity contribution is 7.99. The number of carbonyl (C=O) groups excluding carboxylic acids is 1. The molecule has 0 radical (unpaired) electrons. The summed E-state index contributed by atoms with van der Waals surface area (Å²) >= 11 is 1.04. The molecule has 1 atom stereocenters. The number of nitrogens with two attached hydrogens (primary N) is 1. The van der Waals surface area contributed by atoms with Crippen LogP contribution < -0.4 is 15.9 Å². The summed E-state index contributed by atoms with van der Waals surface area (Å²) in [7, 11) is -3.07. The summed E-state index contributed by atoms with van der Waals surface area (Å²) in [6.45, 7) is -2.91. The first-order valence-corrected chi connectivity index (χ1v) is 10.9. The molecule has 3 N–H and O–H groups in total. The highest BCUT2D eigenvalue weighted by atomic mass is 32.2. The number of sulfone groups is 1. The lowest BCUT2D eigenvalue weighted by molar-refractivity contribution is -0.119. The first-order chi connectivity index (χ1) is 13.2. The van der Waals surface area contributed by atoms with E-state index >= 15 is 0 Å². The first-order valence-electron chi connectivity index (χ1n) is 8.12. The lowest BCUT2D eigenvalue weighted by atomic mass is 10.2. The van der Waals surface area contributed by atoms with E-state index < -0.39 is 16.4 Å². The highest BCUT2D eigenvalue weighted by Gasteiger charge is 2.29. The van der Waals surface area contributed by atoms with E-state index in [9.17, 15) is 22.0 Å². The van der Waals surface area contributed by atoms with Crippen molar-refractivity contribution < 1.29 is 26.7 Å². The standard InChI is InChI=1S/C15H17F2N5O4S2/c16-14(17)26-11-3-1-9(2-4-11)13-20-21-15(22(13)18)27-7-12(23)19-10-5-6-28(24,25)8-10/h1-4,10,14H,5-8,18H2,(H,19,23). The Labute approximate surface area is 163 Å². The number of aromatic nitrogens is 3. The van der Waals surface area contributed by atoms with Crippen molar-refractivity contribution in [2.24, 2.45) is 0 Å². The molecule has 0 spiro atoms. The van der Waals surface area contributed by atoms with Crippen LogP contribution >= 0.6 is 11.8 Å². The van der Waals surface area contributed by atoms with Crippen molar-refractivity contribution in [1.29, 1.82) is 0 Å². The fourth-order valence-electron chi connectivity index (χ4n) is 2.67. The van der Waals surface area contributed by atoms with Crippen molar-refractivity contribution >= 4 is 27.5 Å². The minimum Gasteiger partial charge on any atom is -0.435 e. The summed E-state index contributed by atoms with van der Waals surface area (Å²) in [4.78, 5) is 12.0. The summed E-state index contributed by atoms with van der Waals surface area (Å²) in [5.74, 6) is 5.93. The maximum absolute atomic E-state index is 12.2. The van der Waals surface area contributed by atoms with E-state index in [0.717, 1.165) is 11.8 Å². The second-order valence-electron chi connectivity index (χ2n) is 6.04. The Bertz CT molecular complexity index is 950. The fraction of sp³-hybridized carbons (Fsp3) is 0.400. The fourth-order valence-corrected chi connectivity index (χ4v) is 5.01. The van der Waals surface area contributed by atoms with Crippen molar-refractivity contribution in [2.45, 2.75) is 24.2 Å². The van der Waals surface area contributed by atoms with Gasteiger partial charge in [-0.1, -0.05) is 11.8 Å². The average Bonchev–Trinajstić information content (AvgIpc) is 3.15. The van der Waals surface area contributed by atoms with Crippen LogP contribution in [0, 0.1) is 0 Å². The van der Waals surface area contributed by atoms with Gasteiger partial charge < -0.3 is 15.9 Å². The van der Waals surface area contributed by atoms with Gasteiger partial charge in [0.1, 0.15) is 5.75 Å². The number of carbonyl (C=O) groups is 1. The van der Waals surface area contributed by atoms with Crippen LogP contribution in [-0.4, -0.2) is 59.1 Å². The molecule has 3 rings (SSSR count). The number of hydrogen-bond donors (Lipinski definition) is 2. The average molecular weight is 433 g/mol. The van der Waals surface area contributed by atoms with Gasteiger partial charge in [-0.15, -0.1) is 10.2 Å². The second-order valence-corrected chi connectivity index (χ2v) is 9.21. The van der Waals surface area contributed by atoms with Gasteiger partial charge in [-0.3, -0.25) is 4.79 Å². The van der Waals surface area contributed by atoms with Crippen molar-refractivity contribution in [3.63, 3.8) is 0 Å². The molecule has 1 aromatic heterocycles. The summed E-state index contributed by atoms with van der Waals surface area (Å²) in [6, 6.07) is 5.34. The molecule has 1 aliphatic rings. The van der Waals surface area contributed by atoms with Gasteiger partial charge in [0.2, 0.25) is 11.1 Å². The molecule has 0 saturated carbocycles. The quantitative estimate of drug-likeness (QED) is 0.481. The van der Waals surface area contributed by atoms with Gasteiger partial charge in [0, 0.05) is 11.6 Å². The van der Waals surface area contributed by atoms with E-state index in [2.05, 4.69) is 20.3 Å². The number of nitrogens with zero attached hydrogens (tertiary/aromatic N) is 3. The Morgan fingerprint density at radius 3 is 2.68 bits per heavy atom. The van der Waals surface area contributed by atoms with E-state index in [4.69, 9.17) is 5.84 Å². The van der Waals surface area contributed by atoms with Crippen molar-refractivity contribution in [2.75, 3.05) is 23.1 Å². The van der Waals surface area contributed by atoms with Crippen LogP contribution in [0.5, 0.6) is 5.75 Å². The summed E-state index contributed by atoms with van der Waals surface area (Å²) in [6.07, 6.45) is 0.404. The molecule has 13 heteroatoms. The Hall–Kier alpha value is -2.41. The van der Waals surface area contributed by atoms with Crippen molar-refractivity contribution in [1.82, 2.24) is 20.2 Å². The molecule has 28 heavy (non-hydrogen) atoms. The summed E-state index contributed by atoms with van der Waals surface area (Å²) in [5, 5.41) is 10.8. The summed E-state index contributed by atoms with van der Waals surface area (Å²) in [5.41, 5.74) is 0.532. The van der Waals surface area contributed by atoms with E-state index in [-0.39, 0.29) is 45.9 Å². The lowest BCUT2D eigenvalue weighted by Crippen LogP contribution is -2.36.